The van der Waals surface area contributed by atoms with Crippen LogP contribution >= 0.6 is 15.9 Å². The Morgan fingerprint density at radius 1 is 1.53 bits per heavy atom. The molecule has 2 rings (SSSR count). The highest BCUT2D eigenvalue weighted by atomic mass is 79.9. The van der Waals surface area contributed by atoms with Crippen LogP contribution in [0.25, 0.3) is 0 Å². The van der Waals surface area contributed by atoms with Crippen LogP contribution < -0.4 is 9.64 Å². The van der Waals surface area contributed by atoms with Crippen molar-refractivity contribution in [1.29, 1.82) is 0 Å². The zero-order valence-electron chi connectivity index (χ0n) is 10.2. The van der Waals surface area contributed by atoms with Gasteiger partial charge in [0.1, 0.15) is 11.6 Å². The van der Waals surface area contributed by atoms with Crippen molar-refractivity contribution >= 4 is 21.7 Å². The third kappa shape index (κ3) is 3.35. The smallest absolute Gasteiger partial charge is 0.137 e. The topological polar surface area (TPSA) is 25.4 Å². The summed E-state index contributed by atoms with van der Waals surface area (Å²) in [5.41, 5.74) is 0. The van der Waals surface area contributed by atoms with E-state index >= 15 is 0 Å². The van der Waals surface area contributed by atoms with Gasteiger partial charge < -0.3 is 9.64 Å². The minimum absolute atomic E-state index is 0.798. The van der Waals surface area contributed by atoms with E-state index in [4.69, 9.17) is 4.74 Å². The molecule has 4 heteroatoms. The Morgan fingerprint density at radius 3 is 3.06 bits per heavy atom. The summed E-state index contributed by atoms with van der Waals surface area (Å²) in [6.07, 6.45) is 5.67. The molecule has 1 aliphatic rings. The molecule has 0 saturated carbocycles. The third-order valence-electron chi connectivity index (χ3n) is 3.32. The Hall–Kier alpha value is -0.770. The van der Waals surface area contributed by atoms with Gasteiger partial charge in [-0.25, -0.2) is 4.98 Å². The van der Waals surface area contributed by atoms with E-state index in [0.717, 1.165) is 35.9 Å². The molecule has 0 amide bonds. The second-order valence-electron chi connectivity index (χ2n) is 4.49. The van der Waals surface area contributed by atoms with Gasteiger partial charge in [0.2, 0.25) is 0 Å². The summed E-state index contributed by atoms with van der Waals surface area (Å²) in [5, 5.41) is 1.10. The second-order valence-corrected chi connectivity index (χ2v) is 5.28. The molecule has 1 fully saturated rings. The second kappa shape index (κ2) is 6.24. The minimum Gasteiger partial charge on any atom is -0.495 e. The first-order valence-electron chi connectivity index (χ1n) is 6.14. The number of anilines is 1. The molecule has 1 aliphatic heterocycles. The number of methoxy groups -OCH3 is 1. The zero-order chi connectivity index (χ0) is 12.1. The number of aromatic nitrogens is 1. The van der Waals surface area contributed by atoms with E-state index in [2.05, 4.69) is 31.9 Å². The van der Waals surface area contributed by atoms with Crippen molar-refractivity contribution in [2.24, 2.45) is 5.92 Å². The monoisotopic (exact) mass is 298 g/mol. The van der Waals surface area contributed by atoms with Gasteiger partial charge in [-0.15, -0.1) is 0 Å². The molecule has 1 aromatic rings. The van der Waals surface area contributed by atoms with Gasteiger partial charge >= 0.3 is 0 Å². The van der Waals surface area contributed by atoms with Gasteiger partial charge in [-0.05, 0) is 37.3 Å². The summed E-state index contributed by atoms with van der Waals surface area (Å²) in [6, 6.07) is 4.03. The Morgan fingerprint density at radius 2 is 2.41 bits per heavy atom. The first-order chi connectivity index (χ1) is 8.33. The molecule has 0 radical (unpaired) electrons. The lowest BCUT2D eigenvalue weighted by Gasteiger charge is -2.33. The average molecular weight is 299 g/mol. The molecule has 0 N–H and O–H groups in total. The number of halogens is 1. The fraction of sp³-hybridized carbons (Fsp3) is 0.615. The van der Waals surface area contributed by atoms with E-state index in [0.29, 0.717) is 0 Å². The molecule has 1 saturated heterocycles. The minimum atomic E-state index is 0.798. The molecule has 2 heterocycles. The zero-order valence-corrected chi connectivity index (χ0v) is 11.8. The largest absolute Gasteiger partial charge is 0.495 e. The Kier molecular flexibility index (Phi) is 4.66. The predicted molar refractivity (Wildman–Crippen MR) is 74.1 cm³/mol. The number of pyridine rings is 1. The van der Waals surface area contributed by atoms with Crippen molar-refractivity contribution in [2.75, 3.05) is 30.4 Å². The van der Waals surface area contributed by atoms with Gasteiger partial charge in [0, 0.05) is 18.4 Å². The molecule has 1 aromatic heterocycles. The molecule has 0 aliphatic carbocycles. The fourth-order valence-corrected chi connectivity index (χ4v) is 2.99. The third-order valence-corrected chi connectivity index (χ3v) is 3.77. The number of rotatable bonds is 4. The molecule has 17 heavy (non-hydrogen) atoms. The Bertz CT molecular complexity index is 340. The molecule has 1 unspecified atom stereocenters. The maximum absolute atomic E-state index is 5.13. The van der Waals surface area contributed by atoms with Crippen molar-refractivity contribution in [3.05, 3.63) is 18.3 Å². The number of nitrogens with zero attached hydrogens (tertiary/aromatic N) is 2. The lowest BCUT2D eigenvalue weighted by Crippen LogP contribution is -2.36. The van der Waals surface area contributed by atoms with E-state index in [9.17, 15) is 0 Å². The maximum atomic E-state index is 5.13. The highest BCUT2D eigenvalue weighted by Crippen LogP contribution is 2.25. The number of alkyl halides is 1. The van der Waals surface area contributed by atoms with Crippen molar-refractivity contribution in [2.45, 2.75) is 19.3 Å². The van der Waals surface area contributed by atoms with Crippen molar-refractivity contribution in [3.8, 4) is 5.75 Å². The SMILES string of the molecule is COc1ccc(N2CCCC(CCBr)C2)nc1. The molecule has 1 atom stereocenters. The van der Waals surface area contributed by atoms with Crippen LogP contribution in [0.2, 0.25) is 0 Å². The molecule has 0 aromatic carbocycles. The van der Waals surface area contributed by atoms with Crippen molar-refractivity contribution in [1.82, 2.24) is 4.98 Å². The van der Waals surface area contributed by atoms with E-state index in [1.807, 2.05) is 6.07 Å². The van der Waals surface area contributed by atoms with E-state index in [1.165, 1.54) is 19.3 Å². The van der Waals surface area contributed by atoms with Crippen molar-refractivity contribution in [3.63, 3.8) is 0 Å². The summed E-state index contributed by atoms with van der Waals surface area (Å²) < 4.78 is 5.13. The number of ether oxygens (including phenoxy) is 1. The van der Waals surface area contributed by atoms with Gasteiger partial charge in [-0.3, -0.25) is 0 Å². The van der Waals surface area contributed by atoms with Gasteiger partial charge in [0.15, 0.2) is 0 Å². The lowest BCUT2D eigenvalue weighted by atomic mass is 9.96. The van der Waals surface area contributed by atoms with Crippen LogP contribution in [0.15, 0.2) is 18.3 Å². The van der Waals surface area contributed by atoms with E-state index < -0.39 is 0 Å². The summed E-state index contributed by atoms with van der Waals surface area (Å²) in [4.78, 5) is 6.84. The maximum Gasteiger partial charge on any atom is 0.137 e. The first kappa shape index (κ1) is 12.7. The van der Waals surface area contributed by atoms with E-state index in [-0.39, 0.29) is 0 Å². The standard InChI is InChI=1S/C13H19BrN2O/c1-17-12-4-5-13(15-9-12)16-8-2-3-11(10-16)6-7-14/h4-5,9,11H,2-3,6-8,10H2,1H3. The normalized spacial score (nSPS) is 20.4. The van der Waals surface area contributed by atoms with Crippen LogP contribution in [-0.4, -0.2) is 30.5 Å². The lowest BCUT2D eigenvalue weighted by molar-refractivity contribution is 0.403. The predicted octanol–water partition coefficient (Wildman–Crippen LogP) is 3.09. The summed E-state index contributed by atoms with van der Waals surface area (Å²) in [5.74, 6) is 2.69. The van der Waals surface area contributed by atoms with Gasteiger partial charge in [-0.2, -0.15) is 0 Å². The fourth-order valence-electron chi connectivity index (χ4n) is 2.34. The molecular weight excluding hydrogens is 280 g/mol. The van der Waals surface area contributed by atoms with Crippen LogP contribution in [0.5, 0.6) is 5.75 Å². The van der Waals surface area contributed by atoms with Gasteiger partial charge in [-0.1, -0.05) is 15.9 Å². The summed E-state index contributed by atoms with van der Waals surface area (Å²) in [6.45, 7) is 2.25. The molecule has 0 bridgehead atoms. The van der Waals surface area contributed by atoms with Crippen molar-refractivity contribution < 1.29 is 4.74 Å². The summed E-state index contributed by atoms with van der Waals surface area (Å²) in [7, 11) is 1.67. The highest BCUT2D eigenvalue weighted by molar-refractivity contribution is 9.09. The van der Waals surface area contributed by atoms with Gasteiger partial charge in [0.25, 0.3) is 0 Å². The van der Waals surface area contributed by atoms with E-state index in [1.54, 1.807) is 13.3 Å². The molecule has 0 spiro atoms. The Balaban J connectivity index is 2.00. The quantitative estimate of drug-likeness (QED) is 0.799. The van der Waals surface area contributed by atoms with Crippen LogP contribution in [0, 0.1) is 5.92 Å². The van der Waals surface area contributed by atoms with Crippen LogP contribution in [-0.2, 0) is 0 Å². The number of piperidine rings is 1. The van der Waals surface area contributed by atoms with Crippen LogP contribution in [0.1, 0.15) is 19.3 Å². The molecular formula is C13H19BrN2O. The first-order valence-corrected chi connectivity index (χ1v) is 7.26. The molecule has 94 valence electrons. The summed E-state index contributed by atoms with van der Waals surface area (Å²) >= 11 is 3.53. The highest BCUT2D eigenvalue weighted by Gasteiger charge is 2.20. The van der Waals surface area contributed by atoms with Crippen LogP contribution in [0.3, 0.4) is 0 Å². The average Bonchev–Trinajstić information content (AvgIpc) is 2.40. The number of hydrogen-bond donors (Lipinski definition) is 0. The van der Waals surface area contributed by atoms with Crippen LogP contribution in [0.4, 0.5) is 5.82 Å². The number of hydrogen-bond acceptors (Lipinski definition) is 3. The molecule has 3 nitrogen and oxygen atoms in total. The Labute approximate surface area is 111 Å². The van der Waals surface area contributed by atoms with Gasteiger partial charge in [0.05, 0.1) is 13.3 Å².